The minimum atomic E-state index is 1.07. The van der Waals surface area contributed by atoms with Gasteiger partial charge in [0.2, 0.25) is 0 Å². The minimum absolute atomic E-state index is 1.07. The quantitative estimate of drug-likeness (QED) is 0.622. The molecule has 0 aromatic heterocycles. The average molecular weight is 256 g/mol. The van der Waals surface area contributed by atoms with Gasteiger partial charge in [-0.05, 0) is 37.8 Å². The maximum Gasteiger partial charge on any atom is 0.0399 e. The Kier molecular flexibility index (Phi) is 5.02. The zero-order valence-corrected chi connectivity index (χ0v) is 10.5. The van der Waals surface area contributed by atoms with Gasteiger partial charge in [0.1, 0.15) is 0 Å². The second-order valence-corrected chi connectivity index (χ2v) is 4.38. The number of aryl methyl sites for hydroxylation is 2. The zero-order chi connectivity index (χ0) is 10.4. The van der Waals surface area contributed by atoms with E-state index in [0.717, 1.165) is 11.9 Å². The molecule has 14 heavy (non-hydrogen) atoms. The normalized spacial score (nSPS) is 10.2. The molecule has 0 aliphatic heterocycles. The lowest BCUT2D eigenvalue weighted by Gasteiger charge is -2.11. The molecule has 0 fully saturated rings. The van der Waals surface area contributed by atoms with Gasteiger partial charge >= 0.3 is 0 Å². The van der Waals surface area contributed by atoms with Crippen molar-refractivity contribution in [3.63, 3.8) is 0 Å². The summed E-state index contributed by atoms with van der Waals surface area (Å²) in [6.07, 6.45) is 2.46. The number of hydrogen-bond donors (Lipinski definition) is 1. The summed E-state index contributed by atoms with van der Waals surface area (Å²) < 4.78 is 0. The molecule has 0 bridgehead atoms. The van der Waals surface area contributed by atoms with Gasteiger partial charge in [-0.1, -0.05) is 34.1 Å². The molecule has 1 rings (SSSR count). The van der Waals surface area contributed by atoms with Crippen molar-refractivity contribution in [1.82, 2.24) is 0 Å². The number of nitrogens with one attached hydrogen (secondary N) is 1. The van der Waals surface area contributed by atoms with Crippen LogP contribution in [-0.2, 0) is 0 Å². The van der Waals surface area contributed by atoms with Gasteiger partial charge in [0.25, 0.3) is 0 Å². The largest absolute Gasteiger partial charge is 0.385 e. The molecule has 1 aromatic rings. The maximum atomic E-state index is 3.50. The van der Waals surface area contributed by atoms with Crippen LogP contribution >= 0.6 is 15.9 Å². The fraction of sp³-hybridized carbons (Fsp3) is 0.500. The van der Waals surface area contributed by atoms with E-state index in [9.17, 15) is 0 Å². The van der Waals surface area contributed by atoms with Crippen LogP contribution in [0.3, 0.4) is 0 Å². The molecule has 78 valence electrons. The van der Waals surface area contributed by atoms with Crippen molar-refractivity contribution in [3.05, 3.63) is 29.3 Å². The summed E-state index contributed by atoms with van der Waals surface area (Å²) in [4.78, 5) is 0. The first-order valence-electron chi connectivity index (χ1n) is 5.11. The number of hydrogen-bond acceptors (Lipinski definition) is 1. The van der Waals surface area contributed by atoms with E-state index < -0.39 is 0 Å². The van der Waals surface area contributed by atoms with E-state index in [-0.39, 0.29) is 0 Å². The SMILES string of the molecule is Cc1cccc(C)c1NCCCCBr. The summed E-state index contributed by atoms with van der Waals surface area (Å²) >= 11 is 3.44. The minimum Gasteiger partial charge on any atom is -0.385 e. The first-order valence-corrected chi connectivity index (χ1v) is 6.24. The van der Waals surface area contributed by atoms with Gasteiger partial charge in [-0.15, -0.1) is 0 Å². The predicted octanol–water partition coefficient (Wildman–Crippen LogP) is 3.89. The molecule has 1 nitrogen and oxygen atoms in total. The van der Waals surface area contributed by atoms with Gasteiger partial charge in [0, 0.05) is 17.6 Å². The van der Waals surface area contributed by atoms with Crippen molar-refractivity contribution in [3.8, 4) is 0 Å². The number of rotatable bonds is 5. The van der Waals surface area contributed by atoms with Gasteiger partial charge in [0.05, 0.1) is 0 Å². The van der Waals surface area contributed by atoms with Crippen molar-refractivity contribution in [2.45, 2.75) is 26.7 Å². The fourth-order valence-corrected chi connectivity index (χ4v) is 1.92. The van der Waals surface area contributed by atoms with Crippen LogP contribution in [0.5, 0.6) is 0 Å². The van der Waals surface area contributed by atoms with Crippen LogP contribution < -0.4 is 5.32 Å². The van der Waals surface area contributed by atoms with Crippen LogP contribution in [0.15, 0.2) is 18.2 Å². The van der Waals surface area contributed by atoms with E-state index in [0.29, 0.717) is 0 Å². The van der Waals surface area contributed by atoms with Crippen molar-refractivity contribution < 1.29 is 0 Å². The predicted molar refractivity (Wildman–Crippen MR) is 67.4 cm³/mol. The third-order valence-corrected chi connectivity index (χ3v) is 2.90. The monoisotopic (exact) mass is 255 g/mol. The molecular formula is C12H18BrN. The molecule has 0 unspecified atom stereocenters. The summed E-state index contributed by atoms with van der Waals surface area (Å²) in [5.74, 6) is 0. The van der Waals surface area contributed by atoms with Gasteiger partial charge in [-0.2, -0.15) is 0 Å². The second-order valence-electron chi connectivity index (χ2n) is 3.59. The fourth-order valence-electron chi connectivity index (χ4n) is 1.53. The molecule has 0 aliphatic carbocycles. The van der Waals surface area contributed by atoms with Crippen LogP contribution in [0.2, 0.25) is 0 Å². The summed E-state index contributed by atoms with van der Waals surface area (Å²) in [5.41, 5.74) is 3.98. The number of para-hydroxylation sites is 1. The molecule has 2 heteroatoms. The third kappa shape index (κ3) is 3.33. The Morgan fingerprint density at radius 1 is 1.14 bits per heavy atom. The average Bonchev–Trinajstić information content (AvgIpc) is 2.16. The van der Waals surface area contributed by atoms with Crippen molar-refractivity contribution in [2.75, 3.05) is 17.2 Å². The molecular weight excluding hydrogens is 238 g/mol. The molecule has 0 radical (unpaired) electrons. The summed E-state index contributed by atoms with van der Waals surface area (Å²) in [5, 5.41) is 4.59. The first kappa shape index (κ1) is 11.6. The molecule has 1 N–H and O–H groups in total. The topological polar surface area (TPSA) is 12.0 Å². The van der Waals surface area contributed by atoms with E-state index in [1.165, 1.54) is 29.7 Å². The highest BCUT2D eigenvalue weighted by Gasteiger charge is 1.99. The lowest BCUT2D eigenvalue weighted by Crippen LogP contribution is -2.04. The van der Waals surface area contributed by atoms with E-state index >= 15 is 0 Å². The number of anilines is 1. The standard InChI is InChI=1S/C12H18BrN/c1-10-6-5-7-11(2)12(10)14-9-4-3-8-13/h5-7,14H,3-4,8-9H2,1-2H3. The number of unbranched alkanes of at least 4 members (excludes halogenated alkanes) is 1. The molecule has 0 aliphatic rings. The highest BCUT2D eigenvalue weighted by molar-refractivity contribution is 9.09. The van der Waals surface area contributed by atoms with E-state index in [4.69, 9.17) is 0 Å². The molecule has 1 aromatic carbocycles. The molecule has 0 amide bonds. The Balaban J connectivity index is 2.49. The maximum absolute atomic E-state index is 3.50. The number of benzene rings is 1. The molecule has 0 atom stereocenters. The molecule has 0 spiro atoms. The molecule has 0 saturated heterocycles. The molecule has 0 heterocycles. The van der Waals surface area contributed by atoms with Crippen LogP contribution in [0, 0.1) is 13.8 Å². The second kappa shape index (κ2) is 6.07. The highest BCUT2D eigenvalue weighted by atomic mass is 79.9. The summed E-state index contributed by atoms with van der Waals surface area (Å²) in [7, 11) is 0. The Labute approximate surface area is 95.0 Å². The zero-order valence-electron chi connectivity index (χ0n) is 8.94. The summed E-state index contributed by atoms with van der Waals surface area (Å²) in [6, 6.07) is 6.41. The Bertz CT molecular complexity index is 263. The van der Waals surface area contributed by atoms with E-state index in [2.05, 4.69) is 53.3 Å². The lowest BCUT2D eigenvalue weighted by atomic mass is 10.1. The van der Waals surface area contributed by atoms with Crippen molar-refractivity contribution in [2.24, 2.45) is 0 Å². The lowest BCUT2D eigenvalue weighted by molar-refractivity contribution is 0.845. The van der Waals surface area contributed by atoms with E-state index in [1.807, 2.05) is 0 Å². The van der Waals surface area contributed by atoms with Gasteiger partial charge in [-0.25, -0.2) is 0 Å². The Morgan fingerprint density at radius 3 is 2.36 bits per heavy atom. The highest BCUT2D eigenvalue weighted by Crippen LogP contribution is 2.19. The van der Waals surface area contributed by atoms with Crippen LogP contribution in [0.25, 0.3) is 0 Å². The van der Waals surface area contributed by atoms with E-state index in [1.54, 1.807) is 0 Å². The van der Waals surface area contributed by atoms with Crippen LogP contribution in [-0.4, -0.2) is 11.9 Å². The Hall–Kier alpha value is -0.500. The van der Waals surface area contributed by atoms with Gasteiger partial charge in [-0.3, -0.25) is 0 Å². The smallest absolute Gasteiger partial charge is 0.0399 e. The van der Waals surface area contributed by atoms with Crippen molar-refractivity contribution >= 4 is 21.6 Å². The van der Waals surface area contributed by atoms with Gasteiger partial charge < -0.3 is 5.32 Å². The van der Waals surface area contributed by atoms with Crippen LogP contribution in [0.1, 0.15) is 24.0 Å². The summed E-state index contributed by atoms with van der Waals surface area (Å²) in [6.45, 7) is 5.37. The van der Waals surface area contributed by atoms with Crippen LogP contribution in [0.4, 0.5) is 5.69 Å². The third-order valence-electron chi connectivity index (χ3n) is 2.34. The number of halogens is 1. The van der Waals surface area contributed by atoms with Crippen molar-refractivity contribution in [1.29, 1.82) is 0 Å². The number of alkyl halides is 1. The Morgan fingerprint density at radius 2 is 1.79 bits per heavy atom. The first-order chi connectivity index (χ1) is 6.75. The molecule has 0 saturated carbocycles. The van der Waals surface area contributed by atoms with Gasteiger partial charge in [0.15, 0.2) is 0 Å².